The third-order valence-electron chi connectivity index (χ3n) is 5.43. The minimum Gasteiger partial charge on any atom is -0.342 e. The van der Waals surface area contributed by atoms with Crippen LogP contribution in [0.3, 0.4) is 0 Å². The molecule has 0 aliphatic carbocycles. The topological polar surface area (TPSA) is 36.4 Å². The van der Waals surface area contributed by atoms with Gasteiger partial charge in [-0.2, -0.15) is 0 Å². The number of hydrogen-bond donors (Lipinski definition) is 0. The number of hydrogen-bond acceptors (Lipinski definition) is 3. The molecule has 2 fully saturated rings. The molecule has 1 amide bonds. The van der Waals surface area contributed by atoms with E-state index in [0.717, 1.165) is 51.9 Å². The van der Waals surface area contributed by atoms with Crippen molar-refractivity contribution in [2.45, 2.75) is 52.0 Å². The molecule has 2 saturated heterocycles. The second-order valence-electron chi connectivity index (χ2n) is 7.34. The largest absolute Gasteiger partial charge is 0.342 e. The highest BCUT2D eigenvalue weighted by Gasteiger charge is 2.41. The van der Waals surface area contributed by atoms with E-state index in [1.165, 1.54) is 24.9 Å². The second kappa shape index (κ2) is 7.43. The van der Waals surface area contributed by atoms with Crippen molar-refractivity contribution in [1.82, 2.24) is 14.8 Å². The first kappa shape index (κ1) is 16.4. The highest BCUT2D eigenvalue weighted by atomic mass is 16.2. The van der Waals surface area contributed by atoms with Crippen molar-refractivity contribution in [1.29, 1.82) is 0 Å². The third-order valence-corrected chi connectivity index (χ3v) is 5.43. The van der Waals surface area contributed by atoms with Crippen molar-refractivity contribution in [3.8, 4) is 0 Å². The summed E-state index contributed by atoms with van der Waals surface area (Å²) in [5.74, 6) is 0.371. The van der Waals surface area contributed by atoms with Gasteiger partial charge in [-0.25, -0.2) is 0 Å². The fourth-order valence-electron chi connectivity index (χ4n) is 4.18. The van der Waals surface area contributed by atoms with Crippen LogP contribution in [0, 0.1) is 5.41 Å². The minimum absolute atomic E-state index is 0.326. The SMILES string of the molecule is CCCCN1CC2(CCCN(Cc3ccncc3)C2)CCC1=O. The molecule has 1 spiro atoms. The Bertz CT molecular complexity index is 519. The van der Waals surface area contributed by atoms with E-state index in [2.05, 4.69) is 33.8 Å². The number of carbonyl (C=O) groups is 1. The van der Waals surface area contributed by atoms with Gasteiger partial charge in [-0.15, -0.1) is 0 Å². The highest BCUT2D eigenvalue weighted by Crippen LogP contribution is 2.39. The Morgan fingerprint density at radius 3 is 2.83 bits per heavy atom. The number of aromatic nitrogens is 1. The third kappa shape index (κ3) is 4.11. The van der Waals surface area contributed by atoms with Crippen molar-refractivity contribution >= 4 is 5.91 Å². The lowest BCUT2D eigenvalue weighted by Crippen LogP contribution is -2.53. The quantitative estimate of drug-likeness (QED) is 0.838. The zero-order valence-electron chi connectivity index (χ0n) is 14.3. The van der Waals surface area contributed by atoms with Gasteiger partial charge in [0.15, 0.2) is 0 Å². The van der Waals surface area contributed by atoms with Crippen molar-refractivity contribution in [2.75, 3.05) is 26.2 Å². The summed E-state index contributed by atoms with van der Waals surface area (Å²) in [7, 11) is 0. The molecule has 1 aromatic rings. The van der Waals surface area contributed by atoms with E-state index in [1.807, 2.05) is 12.4 Å². The maximum Gasteiger partial charge on any atom is 0.222 e. The van der Waals surface area contributed by atoms with Crippen LogP contribution in [0.2, 0.25) is 0 Å². The summed E-state index contributed by atoms with van der Waals surface area (Å²) in [4.78, 5) is 21.0. The van der Waals surface area contributed by atoms with E-state index < -0.39 is 0 Å². The van der Waals surface area contributed by atoms with Crippen LogP contribution in [0.25, 0.3) is 0 Å². The smallest absolute Gasteiger partial charge is 0.222 e. The van der Waals surface area contributed by atoms with Gasteiger partial charge in [0.05, 0.1) is 0 Å². The predicted molar refractivity (Wildman–Crippen MR) is 91.9 cm³/mol. The lowest BCUT2D eigenvalue weighted by Gasteiger charge is -2.48. The minimum atomic E-state index is 0.326. The molecule has 4 nitrogen and oxygen atoms in total. The number of piperidine rings is 2. The van der Waals surface area contributed by atoms with Crippen LogP contribution < -0.4 is 0 Å². The van der Waals surface area contributed by atoms with Gasteiger partial charge >= 0.3 is 0 Å². The number of rotatable bonds is 5. The van der Waals surface area contributed by atoms with Gasteiger partial charge in [-0.05, 0) is 49.9 Å². The van der Waals surface area contributed by atoms with Gasteiger partial charge in [0.1, 0.15) is 0 Å². The van der Waals surface area contributed by atoms with Gasteiger partial charge in [0.25, 0.3) is 0 Å². The number of carbonyl (C=O) groups excluding carboxylic acids is 1. The molecule has 1 unspecified atom stereocenters. The van der Waals surface area contributed by atoms with E-state index in [1.54, 1.807) is 0 Å². The van der Waals surface area contributed by atoms with Crippen molar-refractivity contribution in [2.24, 2.45) is 5.41 Å². The maximum absolute atomic E-state index is 12.2. The molecule has 2 aliphatic heterocycles. The standard InChI is InChI=1S/C19H29N3O/c1-2-3-13-22-16-19(9-5-18(22)23)8-4-12-21(15-19)14-17-6-10-20-11-7-17/h6-7,10-11H,2-5,8-9,12-16H2,1H3. The lowest BCUT2D eigenvalue weighted by atomic mass is 9.73. The fraction of sp³-hybridized carbons (Fsp3) is 0.684. The van der Waals surface area contributed by atoms with Crippen LogP contribution >= 0.6 is 0 Å². The zero-order valence-corrected chi connectivity index (χ0v) is 14.3. The molecule has 4 heteroatoms. The maximum atomic E-state index is 12.2. The van der Waals surface area contributed by atoms with Crippen molar-refractivity contribution < 1.29 is 4.79 Å². The highest BCUT2D eigenvalue weighted by molar-refractivity contribution is 5.77. The zero-order chi connectivity index (χ0) is 16.1. The molecule has 2 aliphatic rings. The second-order valence-corrected chi connectivity index (χ2v) is 7.34. The normalized spacial score (nSPS) is 26.0. The lowest BCUT2D eigenvalue weighted by molar-refractivity contribution is -0.139. The van der Waals surface area contributed by atoms with Crippen LogP contribution in [-0.2, 0) is 11.3 Å². The Labute approximate surface area is 139 Å². The van der Waals surface area contributed by atoms with Crippen LogP contribution in [0.15, 0.2) is 24.5 Å². The number of nitrogens with zero attached hydrogens (tertiary/aromatic N) is 3. The van der Waals surface area contributed by atoms with Gasteiger partial charge in [-0.1, -0.05) is 13.3 Å². The van der Waals surface area contributed by atoms with Gasteiger partial charge in [0.2, 0.25) is 5.91 Å². The first-order valence-corrected chi connectivity index (χ1v) is 9.10. The molecule has 0 radical (unpaired) electrons. The number of pyridine rings is 1. The molecule has 1 aromatic heterocycles. The molecule has 0 aromatic carbocycles. The summed E-state index contributed by atoms with van der Waals surface area (Å²) >= 11 is 0. The molecular formula is C19H29N3O. The molecule has 1 atom stereocenters. The van der Waals surface area contributed by atoms with E-state index in [-0.39, 0.29) is 0 Å². The Kier molecular flexibility index (Phi) is 5.31. The fourth-order valence-corrected chi connectivity index (χ4v) is 4.18. The molecule has 0 N–H and O–H groups in total. The summed E-state index contributed by atoms with van der Waals surface area (Å²) in [5, 5.41) is 0. The summed E-state index contributed by atoms with van der Waals surface area (Å²) in [6.07, 6.45) is 10.4. The summed E-state index contributed by atoms with van der Waals surface area (Å²) in [6.45, 7) is 7.42. The summed E-state index contributed by atoms with van der Waals surface area (Å²) < 4.78 is 0. The van der Waals surface area contributed by atoms with E-state index in [9.17, 15) is 4.79 Å². The molecule has 3 rings (SSSR count). The van der Waals surface area contributed by atoms with Crippen molar-refractivity contribution in [3.63, 3.8) is 0 Å². The molecule has 0 bridgehead atoms. The molecule has 3 heterocycles. The summed E-state index contributed by atoms with van der Waals surface area (Å²) in [6, 6.07) is 4.22. The predicted octanol–water partition coefficient (Wildman–Crippen LogP) is 3.09. The van der Waals surface area contributed by atoms with Gasteiger partial charge < -0.3 is 4.90 Å². The average molecular weight is 315 g/mol. The van der Waals surface area contributed by atoms with Gasteiger partial charge in [-0.3, -0.25) is 14.7 Å². The molecule has 126 valence electrons. The Morgan fingerprint density at radius 1 is 1.22 bits per heavy atom. The Balaban J connectivity index is 1.63. The first-order chi connectivity index (χ1) is 11.2. The Hall–Kier alpha value is -1.42. The number of unbranched alkanes of at least 4 members (excludes halogenated alkanes) is 1. The van der Waals surface area contributed by atoms with Gasteiger partial charge in [0, 0.05) is 50.4 Å². The first-order valence-electron chi connectivity index (χ1n) is 9.10. The number of likely N-dealkylation sites (tertiary alicyclic amines) is 2. The van der Waals surface area contributed by atoms with Crippen LogP contribution in [0.4, 0.5) is 0 Å². The van der Waals surface area contributed by atoms with Crippen LogP contribution in [0.5, 0.6) is 0 Å². The van der Waals surface area contributed by atoms with Crippen LogP contribution in [0.1, 0.15) is 51.0 Å². The summed E-state index contributed by atoms with van der Waals surface area (Å²) in [5.41, 5.74) is 1.67. The van der Waals surface area contributed by atoms with E-state index >= 15 is 0 Å². The van der Waals surface area contributed by atoms with E-state index in [4.69, 9.17) is 0 Å². The molecule has 0 saturated carbocycles. The Morgan fingerprint density at radius 2 is 2.04 bits per heavy atom. The molecular weight excluding hydrogens is 286 g/mol. The van der Waals surface area contributed by atoms with Crippen molar-refractivity contribution in [3.05, 3.63) is 30.1 Å². The van der Waals surface area contributed by atoms with E-state index in [0.29, 0.717) is 11.3 Å². The average Bonchev–Trinajstić information content (AvgIpc) is 2.57. The van der Waals surface area contributed by atoms with Crippen LogP contribution in [-0.4, -0.2) is 46.9 Å². The molecule has 23 heavy (non-hydrogen) atoms. The monoisotopic (exact) mass is 315 g/mol. The number of amides is 1.